The highest BCUT2D eigenvalue weighted by Crippen LogP contribution is 2.21. The van der Waals surface area contributed by atoms with E-state index in [1.165, 1.54) is 0 Å². The summed E-state index contributed by atoms with van der Waals surface area (Å²) in [7, 11) is 2.03. The van der Waals surface area contributed by atoms with Gasteiger partial charge in [-0.2, -0.15) is 0 Å². The Balaban J connectivity index is 1.20. The number of carbonyl (C=O) groups is 2. The molecule has 0 unspecified atom stereocenters. The van der Waals surface area contributed by atoms with Crippen molar-refractivity contribution in [3.63, 3.8) is 0 Å². The van der Waals surface area contributed by atoms with Gasteiger partial charge < -0.3 is 19.7 Å². The van der Waals surface area contributed by atoms with Gasteiger partial charge in [-0.1, -0.05) is 25.1 Å². The number of hydrogen-bond acceptors (Lipinski definition) is 4. The second kappa shape index (κ2) is 10.1. The number of urea groups is 1. The number of rotatable bonds is 5. The molecule has 0 atom stereocenters. The van der Waals surface area contributed by atoms with Gasteiger partial charge >= 0.3 is 6.03 Å². The van der Waals surface area contributed by atoms with Gasteiger partial charge in [0.25, 0.3) is 5.91 Å². The second-order valence-corrected chi connectivity index (χ2v) is 9.49. The number of imidazole rings is 1. The highest BCUT2D eigenvalue weighted by atomic mass is 16.2. The Morgan fingerprint density at radius 2 is 1.69 bits per heavy atom. The standard InChI is InChI=1S/C27H34N6O2/c1-3-20-8-4-5-9-22(20)29-27(35)33-16-14-31(15-17-33)19-25-28-23-18-21(10-11-24(23)30(25)2)26(34)32-12-6-7-13-32/h4-5,8-11,18H,3,6-7,12-17,19H2,1-2H3,(H,29,35). The Hall–Kier alpha value is -3.39. The fourth-order valence-corrected chi connectivity index (χ4v) is 5.08. The summed E-state index contributed by atoms with van der Waals surface area (Å²) in [5.74, 6) is 1.08. The number of nitrogens with one attached hydrogen (secondary N) is 1. The zero-order valence-electron chi connectivity index (χ0n) is 20.7. The monoisotopic (exact) mass is 474 g/mol. The summed E-state index contributed by atoms with van der Waals surface area (Å²) < 4.78 is 2.11. The molecule has 2 aliphatic rings. The van der Waals surface area contributed by atoms with E-state index in [2.05, 4.69) is 27.8 Å². The lowest BCUT2D eigenvalue weighted by atomic mass is 10.1. The second-order valence-electron chi connectivity index (χ2n) is 9.49. The van der Waals surface area contributed by atoms with Gasteiger partial charge in [0, 0.05) is 57.6 Å². The van der Waals surface area contributed by atoms with E-state index in [0.717, 1.165) is 73.6 Å². The molecule has 8 nitrogen and oxygen atoms in total. The maximum absolute atomic E-state index is 12.8. The lowest BCUT2D eigenvalue weighted by Crippen LogP contribution is -2.49. The fourth-order valence-electron chi connectivity index (χ4n) is 5.08. The molecule has 0 bridgehead atoms. The Bertz CT molecular complexity index is 1220. The van der Waals surface area contributed by atoms with Crippen LogP contribution < -0.4 is 5.32 Å². The molecule has 2 saturated heterocycles. The predicted molar refractivity (Wildman–Crippen MR) is 138 cm³/mol. The van der Waals surface area contributed by atoms with Crippen LogP contribution in [-0.2, 0) is 20.0 Å². The molecule has 0 saturated carbocycles. The molecule has 0 radical (unpaired) electrons. The zero-order valence-corrected chi connectivity index (χ0v) is 20.7. The van der Waals surface area contributed by atoms with Gasteiger partial charge in [0.05, 0.1) is 17.6 Å². The van der Waals surface area contributed by atoms with Crippen LogP contribution in [0.4, 0.5) is 10.5 Å². The molecule has 184 valence electrons. The molecule has 35 heavy (non-hydrogen) atoms. The minimum Gasteiger partial charge on any atom is -0.339 e. The third kappa shape index (κ3) is 4.89. The van der Waals surface area contributed by atoms with Crippen molar-refractivity contribution in [2.45, 2.75) is 32.7 Å². The minimum atomic E-state index is -0.0384. The maximum atomic E-state index is 12.8. The summed E-state index contributed by atoms with van der Waals surface area (Å²) in [6, 6.07) is 13.8. The molecule has 2 aromatic carbocycles. The largest absolute Gasteiger partial charge is 0.339 e. The number of benzene rings is 2. The first-order chi connectivity index (χ1) is 17.0. The molecule has 1 aromatic heterocycles. The van der Waals surface area contributed by atoms with E-state index in [0.29, 0.717) is 25.2 Å². The number of likely N-dealkylation sites (tertiary alicyclic amines) is 1. The van der Waals surface area contributed by atoms with E-state index in [1.807, 2.05) is 53.2 Å². The molecule has 2 fully saturated rings. The van der Waals surface area contributed by atoms with E-state index in [-0.39, 0.29) is 11.9 Å². The van der Waals surface area contributed by atoms with Crippen LogP contribution in [-0.4, -0.2) is 75.5 Å². The smallest absolute Gasteiger partial charge is 0.321 e. The predicted octanol–water partition coefficient (Wildman–Crippen LogP) is 3.72. The summed E-state index contributed by atoms with van der Waals surface area (Å²) >= 11 is 0. The highest BCUT2D eigenvalue weighted by molar-refractivity contribution is 5.97. The van der Waals surface area contributed by atoms with Crippen molar-refractivity contribution in [3.05, 3.63) is 59.4 Å². The van der Waals surface area contributed by atoms with E-state index in [9.17, 15) is 9.59 Å². The molecule has 0 aliphatic carbocycles. The third-order valence-corrected chi connectivity index (χ3v) is 7.28. The van der Waals surface area contributed by atoms with Crippen molar-refractivity contribution < 1.29 is 9.59 Å². The zero-order chi connectivity index (χ0) is 24.4. The number of aryl methyl sites for hydroxylation is 2. The number of hydrogen-bond donors (Lipinski definition) is 1. The van der Waals surface area contributed by atoms with Crippen LogP contribution in [0.15, 0.2) is 42.5 Å². The van der Waals surface area contributed by atoms with Gasteiger partial charge in [0.1, 0.15) is 5.82 Å². The first kappa shape index (κ1) is 23.4. The van der Waals surface area contributed by atoms with Gasteiger partial charge in [0.2, 0.25) is 0 Å². The molecular weight excluding hydrogens is 440 g/mol. The molecular formula is C27H34N6O2. The number of fused-ring (bicyclic) bond motifs is 1. The quantitative estimate of drug-likeness (QED) is 0.612. The van der Waals surface area contributed by atoms with Gasteiger partial charge in [-0.05, 0) is 49.1 Å². The Morgan fingerprint density at radius 3 is 2.43 bits per heavy atom. The molecule has 3 aromatic rings. The molecule has 8 heteroatoms. The summed E-state index contributed by atoms with van der Waals surface area (Å²) in [4.78, 5) is 36.6. The van der Waals surface area contributed by atoms with Crippen LogP contribution in [0.3, 0.4) is 0 Å². The van der Waals surface area contributed by atoms with Crippen LogP contribution in [0.1, 0.15) is 41.5 Å². The highest BCUT2D eigenvalue weighted by Gasteiger charge is 2.24. The van der Waals surface area contributed by atoms with Gasteiger partial charge in [-0.3, -0.25) is 9.69 Å². The molecule has 0 spiro atoms. The molecule has 3 heterocycles. The lowest BCUT2D eigenvalue weighted by Gasteiger charge is -2.34. The number of anilines is 1. The Morgan fingerprint density at radius 1 is 0.943 bits per heavy atom. The van der Waals surface area contributed by atoms with Gasteiger partial charge in [-0.25, -0.2) is 9.78 Å². The lowest BCUT2D eigenvalue weighted by molar-refractivity contribution is 0.0793. The maximum Gasteiger partial charge on any atom is 0.321 e. The van der Waals surface area contributed by atoms with Crippen molar-refractivity contribution in [1.82, 2.24) is 24.3 Å². The van der Waals surface area contributed by atoms with Crippen LogP contribution in [0.25, 0.3) is 11.0 Å². The molecule has 5 rings (SSSR count). The van der Waals surface area contributed by atoms with Gasteiger partial charge in [0.15, 0.2) is 0 Å². The van der Waals surface area contributed by atoms with Crippen LogP contribution in [0.2, 0.25) is 0 Å². The number of piperazine rings is 1. The van der Waals surface area contributed by atoms with Crippen molar-refractivity contribution in [2.75, 3.05) is 44.6 Å². The first-order valence-electron chi connectivity index (χ1n) is 12.6. The number of carbonyl (C=O) groups excluding carboxylic acids is 2. The summed E-state index contributed by atoms with van der Waals surface area (Å²) in [6.45, 7) is 7.46. The SMILES string of the molecule is CCc1ccccc1NC(=O)N1CCN(Cc2nc3cc(C(=O)N4CCCC4)ccc3n2C)CC1. The molecule has 2 aliphatic heterocycles. The number of para-hydroxylation sites is 1. The average molecular weight is 475 g/mol. The van der Waals surface area contributed by atoms with E-state index in [1.54, 1.807) is 0 Å². The third-order valence-electron chi connectivity index (χ3n) is 7.28. The van der Waals surface area contributed by atoms with Crippen LogP contribution in [0, 0.1) is 0 Å². The average Bonchev–Trinajstić information content (AvgIpc) is 3.53. The van der Waals surface area contributed by atoms with Crippen molar-refractivity contribution in [3.8, 4) is 0 Å². The Labute approximate surface area is 206 Å². The summed E-state index contributed by atoms with van der Waals surface area (Å²) in [5.41, 5.74) is 4.65. The minimum absolute atomic E-state index is 0.0384. The van der Waals surface area contributed by atoms with Crippen molar-refractivity contribution in [2.24, 2.45) is 7.05 Å². The van der Waals surface area contributed by atoms with Crippen molar-refractivity contribution >= 4 is 28.7 Å². The first-order valence-corrected chi connectivity index (χ1v) is 12.6. The fraction of sp³-hybridized carbons (Fsp3) is 0.444. The van der Waals surface area contributed by atoms with Crippen LogP contribution in [0.5, 0.6) is 0 Å². The topological polar surface area (TPSA) is 73.7 Å². The normalized spacial score (nSPS) is 16.7. The van der Waals surface area contributed by atoms with Crippen molar-refractivity contribution in [1.29, 1.82) is 0 Å². The number of amides is 3. The van der Waals surface area contributed by atoms with E-state index < -0.39 is 0 Å². The summed E-state index contributed by atoms with van der Waals surface area (Å²) in [6.07, 6.45) is 3.06. The number of nitrogens with zero attached hydrogens (tertiary/aromatic N) is 5. The molecule has 3 amide bonds. The molecule has 1 N–H and O–H groups in total. The van der Waals surface area contributed by atoms with E-state index >= 15 is 0 Å². The number of aromatic nitrogens is 2. The Kier molecular flexibility index (Phi) is 6.72. The van der Waals surface area contributed by atoms with Gasteiger partial charge in [-0.15, -0.1) is 0 Å². The summed E-state index contributed by atoms with van der Waals surface area (Å²) in [5, 5.41) is 3.08. The van der Waals surface area contributed by atoms with E-state index in [4.69, 9.17) is 4.98 Å². The van der Waals surface area contributed by atoms with Crippen LogP contribution >= 0.6 is 0 Å².